The third-order valence-electron chi connectivity index (χ3n) is 1.94. The summed E-state index contributed by atoms with van der Waals surface area (Å²) in [4.78, 5) is 0. The molecule has 0 saturated heterocycles. The van der Waals surface area contributed by atoms with Gasteiger partial charge in [0.25, 0.3) is 0 Å². The molecule has 2 heteroatoms. The number of rotatable bonds is 6. The normalized spacial score (nSPS) is 16.4. The Balaban J connectivity index is 3.61. The molecule has 0 aliphatic heterocycles. The highest BCUT2D eigenvalue weighted by Gasteiger charge is 2.14. The molecule has 2 unspecified atom stereocenters. The van der Waals surface area contributed by atoms with Crippen LogP contribution in [0.4, 0.5) is 0 Å². The van der Waals surface area contributed by atoms with Crippen molar-refractivity contribution in [1.29, 1.82) is 0 Å². The van der Waals surface area contributed by atoms with E-state index in [1.807, 2.05) is 0 Å². The molecule has 0 aliphatic carbocycles. The molecule has 0 bridgehead atoms. The van der Waals surface area contributed by atoms with E-state index in [9.17, 15) is 0 Å². The molecular formula is C9H20O2. The minimum Gasteiger partial charge on any atom is -0.384 e. The monoisotopic (exact) mass is 160 g/mol. The van der Waals surface area contributed by atoms with Crippen LogP contribution < -0.4 is 0 Å². The summed E-state index contributed by atoms with van der Waals surface area (Å²) in [5.41, 5.74) is 0. The van der Waals surface area contributed by atoms with Gasteiger partial charge in [-0.25, -0.2) is 0 Å². The number of hydrogen-bond acceptors (Lipinski definition) is 2. The molecule has 2 nitrogen and oxygen atoms in total. The first-order valence-corrected chi connectivity index (χ1v) is 4.28. The lowest BCUT2D eigenvalue weighted by atomic mass is 10.0. The summed E-state index contributed by atoms with van der Waals surface area (Å²) >= 11 is 0. The Morgan fingerprint density at radius 1 is 1.27 bits per heavy atom. The Kier molecular flexibility index (Phi) is 6.57. The fourth-order valence-corrected chi connectivity index (χ4v) is 1.29. The van der Waals surface area contributed by atoms with E-state index in [1.165, 1.54) is 6.42 Å². The predicted molar refractivity (Wildman–Crippen MR) is 46.7 cm³/mol. The van der Waals surface area contributed by atoms with Gasteiger partial charge in [0.05, 0.1) is 12.7 Å². The van der Waals surface area contributed by atoms with Crippen LogP contribution in [0, 0.1) is 5.92 Å². The second kappa shape index (κ2) is 6.62. The van der Waals surface area contributed by atoms with Crippen molar-refractivity contribution in [2.75, 3.05) is 20.8 Å². The van der Waals surface area contributed by atoms with Crippen molar-refractivity contribution in [3.63, 3.8) is 0 Å². The van der Waals surface area contributed by atoms with Crippen molar-refractivity contribution < 1.29 is 9.47 Å². The van der Waals surface area contributed by atoms with Gasteiger partial charge in [0, 0.05) is 20.1 Å². The average Bonchev–Trinajstić information content (AvgIpc) is 2.00. The fourth-order valence-electron chi connectivity index (χ4n) is 1.29. The molecule has 2 atom stereocenters. The zero-order valence-electron chi connectivity index (χ0n) is 8.09. The molecule has 11 heavy (non-hydrogen) atoms. The van der Waals surface area contributed by atoms with Crippen LogP contribution in [0.1, 0.15) is 26.7 Å². The van der Waals surface area contributed by atoms with Crippen molar-refractivity contribution in [1.82, 2.24) is 0 Å². The number of methoxy groups -OCH3 is 2. The lowest BCUT2D eigenvalue weighted by molar-refractivity contribution is 0.0167. The van der Waals surface area contributed by atoms with E-state index in [2.05, 4.69) is 13.8 Å². The first kappa shape index (κ1) is 10.9. The molecule has 0 aromatic carbocycles. The third-order valence-corrected chi connectivity index (χ3v) is 1.94. The molecule has 68 valence electrons. The lowest BCUT2D eigenvalue weighted by Crippen LogP contribution is -2.23. The average molecular weight is 160 g/mol. The summed E-state index contributed by atoms with van der Waals surface area (Å²) in [6, 6.07) is 0. The first-order chi connectivity index (χ1) is 5.26. The minimum absolute atomic E-state index is 0.361. The standard InChI is InChI=1S/C9H20O2/c1-5-6-9(11-4)8(2)7-10-3/h8-9H,5-7H2,1-4H3. The van der Waals surface area contributed by atoms with Crippen LogP contribution in [0.25, 0.3) is 0 Å². The van der Waals surface area contributed by atoms with Crippen molar-refractivity contribution >= 4 is 0 Å². The van der Waals surface area contributed by atoms with Crippen molar-refractivity contribution in [2.45, 2.75) is 32.8 Å². The van der Waals surface area contributed by atoms with Gasteiger partial charge >= 0.3 is 0 Å². The predicted octanol–water partition coefficient (Wildman–Crippen LogP) is 2.08. The second-order valence-electron chi connectivity index (χ2n) is 3.00. The van der Waals surface area contributed by atoms with Crippen LogP contribution in [0.3, 0.4) is 0 Å². The van der Waals surface area contributed by atoms with E-state index >= 15 is 0 Å². The summed E-state index contributed by atoms with van der Waals surface area (Å²) in [7, 11) is 3.50. The molecule has 0 radical (unpaired) electrons. The highest BCUT2D eigenvalue weighted by molar-refractivity contribution is 4.64. The van der Waals surface area contributed by atoms with Gasteiger partial charge < -0.3 is 9.47 Å². The van der Waals surface area contributed by atoms with E-state index in [1.54, 1.807) is 14.2 Å². The van der Waals surface area contributed by atoms with E-state index in [4.69, 9.17) is 9.47 Å². The molecule has 0 aliphatic rings. The van der Waals surface area contributed by atoms with E-state index in [-0.39, 0.29) is 0 Å². The lowest BCUT2D eigenvalue weighted by Gasteiger charge is -2.21. The number of ether oxygens (including phenoxy) is 2. The van der Waals surface area contributed by atoms with Crippen LogP contribution in [0.15, 0.2) is 0 Å². The van der Waals surface area contributed by atoms with Gasteiger partial charge in [0.1, 0.15) is 0 Å². The fraction of sp³-hybridized carbons (Fsp3) is 1.00. The quantitative estimate of drug-likeness (QED) is 0.592. The Hall–Kier alpha value is -0.0800. The summed E-state index contributed by atoms with van der Waals surface area (Å²) in [5.74, 6) is 0.505. The smallest absolute Gasteiger partial charge is 0.0618 e. The highest BCUT2D eigenvalue weighted by atomic mass is 16.5. The van der Waals surface area contributed by atoms with Gasteiger partial charge in [-0.1, -0.05) is 20.3 Å². The SMILES string of the molecule is CCCC(OC)C(C)COC. The molecule has 0 fully saturated rings. The third kappa shape index (κ3) is 4.38. The topological polar surface area (TPSA) is 18.5 Å². The Bertz CT molecular complexity index is 83.6. The molecule has 0 aromatic rings. The molecule has 0 rings (SSSR count). The van der Waals surface area contributed by atoms with Gasteiger partial charge in [0.15, 0.2) is 0 Å². The summed E-state index contributed by atoms with van der Waals surface area (Å²) in [6.07, 6.45) is 2.66. The molecular weight excluding hydrogens is 140 g/mol. The Morgan fingerprint density at radius 3 is 2.27 bits per heavy atom. The second-order valence-corrected chi connectivity index (χ2v) is 3.00. The van der Waals surface area contributed by atoms with Gasteiger partial charge in [-0.15, -0.1) is 0 Å². The molecule has 0 N–H and O–H groups in total. The first-order valence-electron chi connectivity index (χ1n) is 4.28. The van der Waals surface area contributed by atoms with Crippen LogP contribution >= 0.6 is 0 Å². The van der Waals surface area contributed by atoms with E-state index < -0.39 is 0 Å². The number of hydrogen-bond donors (Lipinski definition) is 0. The van der Waals surface area contributed by atoms with E-state index in [0.29, 0.717) is 12.0 Å². The molecule has 0 heterocycles. The van der Waals surface area contributed by atoms with Gasteiger partial charge in [0.2, 0.25) is 0 Å². The zero-order valence-corrected chi connectivity index (χ0v) is 8.09. The minimum atomic E-state index is 0.361. The van der Waals surface area contributed by atoms with Gasteiger partial charge in [-0.2, -0.15) is 0 Å². The largest absolute Gasteiger partial charge is 0.384 e. The van der Waals surface area contributed by atoms with Crippen LogP contribution in [-0.4, -0.2) is 26.9 Å². The molecule has 0 saturated carbocycles. The summed E-state index contributed by atoms with van der Waals surface area (Å²) < 4.78 is 10.4. The Labute approximate surface area is 69.9 Å². The summed E-state index contributed by atoms with van der Waals surface area (Å²) in [6.45, 7) is 5.12. The summed E-state index contributed by atoms with van der Waals surface area (Å²) in [5, 5.41) is 0. The van der Waals surface area contributed by atoms with Crippen LogP contribution in [0.5, 0.6) is 0 Å². The van der Waals surface area contributed by atoms with Crippen LogP contribution in [0.2, 0.25) is 0 Å². The maximum Gasteiger partial charge on any atom is 0.0618 e. The van der Waals surface area contributed by atoms with Crippen LogP contribution in [-0.2, 0) is 9.47 Å². The van der Waals surface area contributed by atoms with Gasteiger partial charge in [-0.05, 0) is 6.42 Å². The van der Waals surface area contributed by atoms with Gasteiger partial charge in [-0.3, -0.25) is 0 Å². The maximum absolute atomic E-state index is 5.33. The van der Waals surface area contributed by atoms with Crippen molar-refractivity contribution in [3.05, 3.63) is 0 Å². The zero-order chi connectivity index (χ0) is 8.69. The molecule has 0 aromatic heterocycles. The van der Waals surface area contributed by atoms with E-state index in [0.717, 1.165) is 13.0 Å². The van der Waals surface area contributed by atoms with Crippen molar-refractivity contribution in [3.8, 4) is 0 Å². The maximum atomic E-state index is 5.33. The molecule has 0 amide bonds. The van der Waals surface area contributed by atoms with Crippen molar-refractivity contribution in [2.24, 2.45) is 5.92 Å². The highest BCUT2D eigenvalue weighted by Crippen LogP contribution is 2.12. The Morgan fingerprint density at radius 2 is 1.91 bits per heavy atom. The molecule has 0 spiro atoms.